The van der Waals surface area contributed by atoms with Gasteiger partial charge in [-0.2, -0.15) is 0 Å². The minimum Gasteiger partial charge on any atom is -0.393 e. The zero-order chi connectivity index (χ0) is 16.6. The summed E-state index contributed by atoms with van der Waals surface area (Å²) in [6.45, 7) is 6.25. The minimum atomic E-state index is -2.02. The van der Waals surface area contributed by atoms with E-state index in [9.17, 15) is 10.2 Å². The summed E-state index contributed by atoms with van der Waals surface area (Å²) in [4.78, 5) is 0. The van der Waals surface area contributed by atoms with Crippen molar-refractivity contribution in [3.63, 3.8) is 0 Å². The van der Waals surface area contributed by atoms with Gasteiger partial charge in [-0.05, 0) is 68.1 Å². The second kappa shape index (κ2) is 4.82. The first-order chi connectivity index (χ1) is 10.7. The van der Waals surface area contributed by atoms with Crippen LogP contribution in [0.2, 0.25) is 0 Å². The van der Waals surface area contributed by atoms with Gasteiger partial charge in [0, 0.05) is 11.3 Å². The van der Waals surface area contributed by atoms with Gasteiger partial charge in [0.25, 0.3) is 0 Å². The van der Waals surface area contributed by atoms with E-state index >= 15 is 4.39 Å². The highest BCUT2D eigenvalue weighted by Gasteiger charge is 2.67. The van der Waals surface area contributed by atoms with Crippen LogP contribution in [-0.2, 0) is 0 Å². The summed E-state index contributed by atoms with van der Waals surface area (Å²) in [6, 6.07) is 0. The highest BCUT2D eigenvalue weighted by molar-refractivity contribution is 5.26. The number of rotatable bonds is 0. The highest BCUT2D eigenvalue weighted by atomic mass is 19.2. The summed E-state index contributed by atoms with van der Waals surface area (Å²) >= 11 is 0. The van der Waals surface area contributed by atoms with Gasteiger partial charge in [0.15, 0.2) is 0 Å². The average Bonchev–Trinajstić information content (AvgIpc) is 2.67. The fourth-order valence-electron chi connectivity index (χ4n) is 6.93. The van der Waals surface area contributed by atoms with Crippen LogP contribution in [0.15, 0.2) is 11.6 Å². The molecule has 130 valence electrons. The van der Waals surface area contributed by atoms with Gasteiger partial charge in [-0.3, -0.25) is 0 Å². The summed E-state index contributed by atoms with van der Waals surface area (Å²) in [6.07, 6.45) is 8.57. The number of alkyl halides is 1. The van der Waals surface area contributed by atoms with Crippen molar-refractivity contribution in [2.75, 3.05) is 0 Å². The van der Waals surface area contributed by atoms with Crippen LogP contribution in [0.1, 0.15) is 65.7 Å². The SMILES string of the molecule is CC1C[C@H]2[C@@H]3CC=C4CC(O)CC[C@]4(C)[C@@H]3CC[C@]2(C)C1(O)F. The quantitative estimate of drug-likeness (QED) is 0.656. The Bertz CT molecular complexity index is 542. The normalized spacial score (nSPS) is 58.9. The summed E-state index contributed by atoms with van der Waals surface area (Å²) in [5.41, 5.74) is 1.05. The van der Waals surface area contributed by atoms with Gasteiger partial charge in [0.1, 0.15) is 0 Å². The van der Waals surface area contributed by atoms with E-state index in [0.29, 0.717) is 11.8 Å². The number of hydrogen-bond donors (Lipinski definition) is 2. The number of aliphatic hydroxyl groups is 2. The van der Waals surface area contributed by atoms with E-state index in [-0.39, 0.29) is 23.4 Å². The lowest BCUT2D eigenvalue weighted by Gasteiger charge is -2.58. The first-order valence-electron chi connectivity index (χ1n) is 9.49. The molecule has 4 aliphatic carbocycles. The average molecular weight is 322 g/mol. The maximum Gasteiger partial charge on any atom is 0.214 e. The van der Waals surface area contributed by atoms with Crippen molar-refractivity contribution < 1.29 is 14.6 Å². The van der Waals surface area contributed by atoms with Gasteiger partial charge >= 0.3 is 0 Å². The molecular formula is C20H31FO2. The van der Waals surface area contributed by atoms with E-state index in [2.05, 4.69) is 13.0 Å². The number of fused-ring (bicyclic) bond motifs is 5. The Labute approximate surface area is 139 Å². The lowest BCUT2D eigenvalue weighted by Crippen LogP contribution is -2.54. The Morgan fingerprint density at radius 1 is 1.17 bits per heavy atom. The van der Waals surface area contributed by atoms with Gasteiger partial charge in [-0.15, -0.1) is 0 Å². The molecule has 0 heterocycles. The van der Waals surface area contributed by atoms with Crippen LogP contribution < -0.4 is 0 Å². The van der Waals surface area contributed by atoms with Crippen LogP contribution in [-0.4, -0.2) is 22.2 Å². The summed E-state index contributed by atoms with van der Waals surface area (Å²) in [7, 11) is 0. The molecule has 3 heteroatoms. The Balaban J connectivity index is 1.70. The molecule has 0 saturated heterocycles. The molecule has 3 saturated carbocycles. The predicted octanol–water partition coefficient (Wildman–Crippen LogP) is 4.21. The molecule has 3 unspecified atom stereocenters. The third-order valence-corrected chi connectivity index (χ3v) is 8.53. The predicted molar refractivity (Wildman–Crippen MR) is 88.3 cm³/mol. The van der Waals surface area contributed by atoms with Gasteiger partial charge in [-0.1, -0.05) is 32.4 Å². The van der Waals surface area contributed by atoms with Crippen molar-refractivity contribution >= 4 is 0 Å². The second-order valence-corrected chi connectivity index (χ2v) is 9.42. The Morgan fingerprint density at radius 3 is 2.65 bits per heavy atom. The number of aliphatic hydroxyl groups excluding tert-OH is 1. The Hall–Kier alpha value is -0.410. The van der Waals surface area contributed by atoms with Crippen molar-refractivity contribution in [3.05, 3.63) is 11.6 Å². The summed E-state index contributed by atoms with van der Waals surface area (Å²) in [5, 5.41) is 20.6. The van der Waals surface area contributed by atoms with E-state index < -0.39 is 11.3 Å². The molecule has 3 fully saturated rings. The maximum atomic E-state index is 15.1. The summed E-state index contributed by atoms with van der Waals surface area (Å²) in [5.74, 6) is -0.912. The largest absolute Gasteiger partial charge is 0.393 e. The third-order valence-electron chi connectivity index (χ3n) is 8.53. The zero-order valence-corrected chi connectivity index (χ0v) is 14.7. The monoisotopic (exact) mass is 322 g/mol. The van der Waals surface area contributed by atoms with Crippen molar-refractivity contribution in [2.45, 2.75) is 77.7 Å². The molecular weight excluding hydrogens is 291 g/mol. The van der Waals surface area contributed by atoms with Crippen LogP contribution in [0.25, 0.3) is 0 Å². The number of halogens is 1. The van der Waals surface area contributed by atoms with Crippen molar-refractivity contribution in [2.24, 2.45) is 34.5 Å². The second-order valence-electron chi connectivity index (χ2n) is 9.42. The van der Waals surface area contributed by atoms with Gasteiger partial charge < -0.3 is 10.2 Å². The molecule has 23 heavy (non-hydrogen) atoms. The lowest BCUT2D eigenvalue weighted by molar-refractivity contribution is -0.214. The molecule has 0 amide bonds. The minimum absolute atomic E-state index is 0.179. The molecule has 4 rings (SSSR count). The molecule has 0 spiro atoms. The van der Waals surface area contributed by atoms with Crippen molar-refractivity contribution in [3.8, 4) is 0 Å². The molecule has 0 aliphatic heterocycles. The topological polar surface area (TPSA) is 40.5 Å². The first kappa shape index (κ1) is 16.1. The maximum absolute atomic E-state index is 15.1. The van der Waals surface area contributed by atoms with Gasteiger partial charge in [-0.25, -0.2) is 4.39 Å². The molecule has 0 radical (unpaired) electrons. The van der Waals surface area contributed by atoms with E-state index in [1.54, 1.807) is 0 Å². The molecule has 2 N–H and O–H groups in total. The number of hydrogen-bond acceptors (Lipinski definition) is 2. The van der Waals surface area contributed by atoms with Gasteiger partial charge in [0.2, 0.25) is 5.85 Å². The first-order valence-corrected chi connectivity index (χ1v) is 9.49. The molecule has 2 nitrogen and oxygen atoms in total. The molecule has 4 aliphatic rings. The number of allylic oxidation sites excluding steroid dienone is 1. The Kier molecular flexibility index (Phi) is 3.37. The van der Waals surface area contributed by atoms with Crippen molar-refractivity contribution in [1.29, 1.82) is 0 Å². The fraction of sp³-hybridized carbons (Fsp3) is 0.900. The molecule has 0 aromatic carbocycles. The van der Waals surface area contributed by atoms with E-state index in [4.69, 9.17) is 0 Å². The highest BCUT2D eigenvalue weighted by Crippen LogP contribution is 2.68. The zero-order valence-electron chi connectivity index (χ0n) is 14.7. The van der Waals surface area contributed by atoms with E-state index in [1.807, 2.05) is 13.8 Å². The molecule has 0 bridgehead atoms. The fourth-order valence-corrected chi connectivity index (χ4v) is 6.93. The lowest BCUT2D eigenvalue weighted by atomic mass is 9.48. The van der Waals surface area contributed by atoms with Crippen LogP contribution in [0.4, 0.5) is 4.39 Å². The Morgan fingerprint density at radius 2 is 1.91 bits per heavy atom. The molecule has 0 aromatic heterocycles. The summed E-state index contributed by atoms with van der Waals surface area (Å²) < 4.78 is 15.1. The van der Waals surface area contributed by atoms with Crippen molar-refractivity contribution in [1.82, 2.24) is 0 Å². The van der Waals surface area contributed by atoms with Crippen LogP contribution >= 0.6 is 0 Å². The van der Waals surface area contributed by atoms with Crippen LogP contribution in [0.5, 0.6) is 0 Å². The third kappa shape index (κ3) is 1.93. The molecule has 8 atom stereocenters. The van der Waals surface area contributed by atoms with Crippen LogP contribution in [0, 0.1) is 34.5 Å². The molecule has 0 aromatic rings. The standard InChI is InChI=1S/C20H31FO2/c1-12-10-17-15-5-4-13-11-14(22)6-8-18(13,2)16(15)7-9-19(17,3)20(12,21)23/h4,12,14-17,22-23H,5-11H2,1-3H3/t12?,14?,15-,16-,17+,18+,19+,20?/m1/s1. The smallest absolute Gasteiger partial charge is 0.214 e. The van der Waals surface area contributed by atoms with Crippen LogP contribution in [0.3, 0.4) is 0 Å². The van der Waals surface area contributed by atoms with E-state index in [1.165, 1.54) is 5.57 Å². The van der Waals surface area contributed by atoms with Gasteiger partial charge in [0.05, 0.1) is 6.10 Å². The van der Waals surface area contributed by atoms with E-state index in [0.717, 1.165) is 44.9 Å².